The average molecular weight is 255 g/mol. The van der Waals surface area contributed by atoms with Crippen LogP contribution >= 0.6 is 11.8 Å². The summed E-state index contributed by atoms with van der Waals surface area (Å²) in [4.78, 5) is 0. The first-order chi connectivity index (χ1) is 8.15. The van der Waals surface area contributed by atoms with Crippen molar-refractivity contribution in [3.8, 4) is 5.75 Å². The van der Waals surface area contributed by atoms with E-state index in [1.54, 1.807) is 17.8 Å². The SMILES string of the molecule is C=CCSCCNC(C)c1ccc(F)cc1O. The number of phenols is 1. The zero-order valence-corrected chi connectivity index (χ0v) is 10.8. The molecule has 17 heavy (non-hydrogen) atoms. The number of aromatic hydroxyl groups is 1. The van der Waals surface area contributed by atoms with Gasteiger partial charge in [-0.05, 0) is 13.0 Å². The van der Waals surface area contributed by atoms with E-state index in [4.69, 9.17) is 0 Å². The van der Waals surface area contributed by atoms with E-state index in [9.17, 15) is 9.50 Å². The molecule has 0 heterocycles. The quantitative estimate of drug-likeness (QED) is 0.580. The summed E-state index contributed by atoms with van der Waals surface area (Å²) < 4.78 is 12.8. The van der Waals surface area contributed by atoms with E-state index in [0.29, 0.717) is 0 Å². The second kappa shape index (κ2) is 7.35. The Morgan fingerprint density at radius 2 is 2.35 bits per heavy atom. The van der Waals surface area contributed by atoms with Crippen LogP contribution in [0.2, 0.25) is 0 Å². The Morgan fingerprint density at radius 1 is 1.59 bits per heavy atom. The van der Waals surface area contributed by atoms with Crippen LogP contribution in [0.15, 0.2) is 30.9 Å². The van der Waals surface area contributed by atoms with Crippen molar-refractivity contribution in [2.45, 2.75) is 13.0 Å². The second-order valence-electron chi connectivity index (χ2n) is 3.74. The van der Waals surface area contributed by atoms with Gasteiger partial charge < -0.3 is 10.4 Å². The van der Waals surface area contributed by atoms with Crippen molar-refractivity contribution < 1.29 is 9.50 Å². The molecule has 0 spiro atoms. The predicted octanol–water partition coefficient (Wildman–Crippen LogP) is 3.10. The molecule has 4 heteroatoms. The van der Waals surface area contributed by atoms with Crippen LogP contribution in [0.25, 0.3) is 0 Å². The third-order valence-electron chi connectivity index (χ3n) is 2.39. The monoisotopic (exact) mass is 255 g/mol. The fraction of sp³-hybridized carbons (Fsp3) is 0.385. The lowest BCUT2D eigenvalue weighted by Gasteiger charge is -2.15. The maximum atomic E-state index is 12.8. The second-order valence-corrected chi connectivity index (χ2v) is 4.89. The zero-order chi connectivity index (χ0) is 12.7. The van der Waals surface area contributed by atoms with E-state index < -0.39 is 5.82 Å². The van der Waals surface area contributed by atoms with Crippen molar-refractivity contribution in [1.82, 2.24) is 5.32 Å². The lowest BCUT2D eigenvalue weighted by molar-refractivity contribution is 0.449. The van der Waals surface area contributed by atoms with Gasteiger partial charge in [0.15, 0.2) is 0 Å². The Bertz CT molecular complexity index is 370. The number of hydrogen-bond acceptors (Lipinski definition) is 3. The zero-order valence-electron chi connectivity index (χ0n) is 9.95. The van der Waals surface area contributed by atoms with Crippen LogP contribution in [-0.2, 0) is 0 Å². The molecule has 0 fully saturated rings. The lowest BCUT2D eigenvalue weighted by atomic mass is 10.1. The molecule has 0 bridgehead atoms. The summed E-state index contributed by atoms with van der Waals surface area (Å²) in [5.41, 5.74) is 0.722. The maximum Gasteiger partial charge on any atom is 0.126 e. The number of hydrogen-bond donors (Lipinski definition) is 2. The molecule has 0 aromatic heterocycles. The Morgan fingerprint density at radius 3 is 3.00 bits per heavy atom. The molecule has 0 saturated carbocycles. The van der Waals surface area contributed by atoms with Crippen LogP contribution in [-0.4, -0.2) is 23.2 Å². The third kappa shape index (κ3) is 4.79. The molecule has 1 aromatic rings. The summed E-state index contributed by atoms with van der Waals surface area (Å²) in [6, 6.07) is 4.12. The molecule has 0 aliphatic carbocycles. The minimum atomic E-state index is -0.417. The maximum absolute atomic E-state index is 12.8. The molecule has 0 radical (unpaired) electrons. The first-order valence-corrected chi connectivity index (χ1v) is 6.71. The number of rotatable bonds is 7. The van der Waals surface area contributed by atoms with Gasteiger partial charge in [0.1, 0.15) is 11.6 Å². The van der Waals surface area contributed by atoms with Gasteiger partial charge in [0.2, 0.25) is 0 Å². The number of phenolic OH excluding ortho intramolecular Hbond substituents is 1. The lowest BCUT2D eigenvalue weighted by Crippen LogP contribution is -2.21. The summed E-state index contributed by atoms with van der Waals surface area (Å²) in [6.45, 7) is 6.44. The van der Waals surface area contributed by atoms with Gasteiger partial charge >= 0.3 is 0 Å². The summed E-state index contributed by atoms with van der Waals surface area (Å²) in [5.74, 6) is 1.51. The molecule has 0 aliphatic heterocycles. The molecule has 1 unspecified atom stereocenters. The minimum absolute atomic E-state index is 0.00347. The molecule has 0 saturated heterocycles. The van der Waals surface area contributed by atoms with Crippen LogP contribution in [0.3, 0.4) is 0 Å². The Kier molecular flexibility index (Phi) is 6.08. The van der Waals surface area contributed by atoms with Crippen LogP contribution in [0.5, 0.6) is 5.75 Å². The average Bonchev–Trinajstić information content (AvgIpc) is 2.28. The van der Waals surface area contributed by atoms with Crippen LogP contribution < -0.4 is 5.32 Å². The van der Waals surface area contributed by atoms with E-state index in [-0.39, 0.29) is 11.8 Å². The van der Waals surface area contributed by atoms with Gasteiger partial charge in [-0.1, -0.05) is 12.1 Å². The first kappa shape index (κ1) is 14.1. The van der Waals surface area contributed by atoms with Gasteiger partial charge in [-0.25, -0.2) is 4.39 Å². The standard InChI is InChI=1S/C13H18FNOS/c1-3-7-17-8-6-15-10(2)12-5-4-11(14)9-13(12)16/h3-5,9-10,15-16H,1,6-8H2,2H3. The molecule has 2 nitrogen and oxygen atoms in total. The summed E-state index contributed by atoms with van der Waals surface area (Å²) in [6.07, 6.45) is 1.87. The minimum Gasteiger partial charge on any atom is -0.508 e. The van der Waals surface area contributed by atoms with Crippen molar-refractivity contribution in [3.05, 3.63) is 42.2 Å². The highest BCUT2D eigenvalue weighted by Crippen LogP contribution is 2.24. The molecule has 1 aromatic carbocycles. The molecule has 0 aliphatic rings. The number of halogens is 1. The van der Waals surface area contributed by atoms with E-state index in [1.165, 1.54) is 6.07 Å². The summed E-state index contributed by atoms with van der Waals surface area (Å²) in [5, 5.41) is 12.9. The van der Waals surface area contributed by atoms with Crippen molar-refractivity contribution >= 4 is 11.8 Å². The van der Waals surface area contributed by atoms with E-state index in [1.807, 2.05) is 13.0 Å². The normalized spacial score (nSPS) is 12.4. The third-order valence-corrected chi connectivity index (χ3v) is 3.36. The molecule has 1 atom stereocenters. The van der Waals surface area contributed by atoms with Gasteiger partial charge in [0.25, 0.3) is 0 Å². The molecule has 94 valence electrons. The van der Waals surface area contributed by atoms with E-state index >= 15 is 0 Å². The molecule has 2 N–H and O–H groups in total. The Hall–Kier alpha value is -1.00. The Balaban J connectivity index is 2.41. The van der Waals surface area contributed by atoms with E-state index in [2.05, 4.69) is 11.9 Å². The smallest absolute Gasteiger partial charge is 0.126 e. The number of benzene rings is 1. The highest BCUT2D eigenvalue weighted by atomic mass is 32.2. The fourth-order valence-electron chi connectivity index (χ4n) is 1.51. The number of nitrogens with one attached hydrogen (secondary N) is 1. The highest BCUT2D eigenvalue weighted by Gasteiger charge is 2.09. The first-order valence-electron chi connectivity index (χ1n) is 5.55. The van der Waals surface area contributed by atoms with Crippen molar-refractivity contribution in [2.24, 2.45) is 0 Å². The fourth-order valence-corrected chi connectivity index (χ4v) is 2.10. The molecular formula is C13H18FNOS. The molecule has 0 amide bonds. The van der Waals surface area contributed by atoms with Gasteiger partial charge in [0.05, 0.1) is 0 Å². The largest absolute Gasteiger partial charge is 0.508 e. The summed E-state index contributed by atoms with van der Waals surface area (Å²) >= 11 is 1.79. The summed E-state index contributed by atoms with van der Waals surface area (Å²) in [7, 11) is 0. The predicted molar refractivity (Wildman–Crippen MR) is 72.0 cm³/mol. The van der Waals surface area contributed by atoms with Crippen molar-refractivity contribution in [2.75, 3.05) is 18.1 Å². The Labute approximate surface area is 106 Å². The molecule has 1 rings (SSSR count). The van der Waals surface area contributed by atoms with Crippen LogP contribution in [0.4, 0.5) is 4.39 Å². The van der Waals surface area contributed by atoms with Gasteiger partial charge in [-0.15, -0.1) is 6.58 Å². The van der Waals surface area contributed by atoms with Crippen LogP contribution in [0, 0.1) is 5.82 Å². The topological polar surface area (TPSA) is 32.3 Å². The highest BCUT2D eigenvalue weighted by molar-refractivity contribution is 7.99. The molecular weight excluding hydrogens is 237 g/mol. The van der Waals surface area contributed by atoms with Crippen LogP contribution in [0.1, 0.15) is 18.5 Å². The number of thioether (sulfide) groups is 1. The van der Waals surface area contributed by atoms with Gasteiger partial charge in [-0.2, -0.15) is 11.8 Å². The van der Waals surface area contributed by atoms with Crippen molar-refractivity contribution in [1.29, 1.82) is 0 Å². The van der Waals surface area contributed by atoms with Crippen molar-refractivity contribution in [3.63, 3.8) is 0 Å². The van der Waals surface area contributed by atoms with Gasteiger partial charge in [0, 0.05) is 35.7 Å². The van der Waals surface area contributed by atoms with Gasteiger partial charge in [-0.3, -0.25) is 0 Å². The van der Waals surface area contributed by atoms with E-state index in [0.717, 1.165) is 29.7 Å².